The third kappa shape index (κ3) is 3.35. The van der Waals surface area contributed by atoms with Gasteiger partial charge >= 0.3 is 0 Å². The van der Waals surface area contributed by atoms with E-state index in [-0.39, 0.29) is 5.91 Å². The molecule has 1 aromatic rings. The molecule has 2 rings (SSSR count). The third-order valence-electron chi connectivity index (χ3n) is 2.67. The molecule has 7 heteroatoms. The maximum absolute atomic E-state index is 12.3. The van der Waals surface area contributed by atoms with Crippen LogP contribution in [0, 0.1) is 0 Å². The summed E-state index contributed by atoms with van der Waals surface area (Å²) in [5, 5.41) is 0.999. The molecule has 20 heavy (non-hydrogen) atoms. The van der Waals surface area contributed by atoms with Gasteiger partial charge in [-0.3, -0.25) is 9.69 Å². The van der Waals surface area contributed by atoms with Gasteiger partial charge in [0.25, 0.3) is 5.91 Å². The Bertz CT molecular complexity index is 569. The second kappa shape index (κ2) is 6.91. The van der Waals surface area contributed by atoms with E-state index >= 15 is 0 Å². The van der Waals surface area contributed by atoms with E-state index < -0.39 is 0 Å². The first-order valence-electron chi connectivity index (χ1n) is 5.73. The van der Waals surface area contributed by atoms with Crippen LogP contribution in [0.25, 0.3) is 6.08 Å². The van der Waals surface area contributed by atoms with Crippen LogP contribution in [-0.4, -0.2) is 35.4 Å². The predicted molar refractivity (Wildman–Crippen MR) is 88.2 cm³/mol. The van der Waals surface area contributed by atoms with Crippen LogP contribution in [0.4, 0.5) is 0 Å². The van der Waals surface area contributed by atoms with Crippen LogP contribution in [0.2, 0.25) is 10.0 Å². The zero-order chi connectivity index (χ0) is 14.7. The van der Waals surface area contributed by atoms with Gasteiger partial charge in [0.05, 0.1) is 18.1 Å². The predicted octanol–water partition coefficient (Wildman–Crippen LogP) is 3.84. The molecule has 0 radical (unpaired) electrons. The highest BCUT2D eigenvalue weighted by Gasteiger charge is 2.31. The van der Waals surface area contributed by atoms with Gasteiger partial charge in [0.2, 0.25) is 0 Å². The molecule has 0 saturated carbocycles. The molecule has 0 bridgehead atoms. The molecule has 0 atom stereocenters. The summed E-state index contributed by atoms with van der Waals surface area (Å²) in [7, 11) is 1.58. The number of hydrogen-bond donors (Lipinski definition) is 0. The van der Waals surface area contributed by atoms with Gasteiger partial charge < -0.3 is 4.74 Å². The number of amides is 1. The molecule has 0 aliphatic carbocycles. The van der Waals surface area contributed by atoms with Crippen molar-refractivity contribution in [3.8, 4) is 0 Å². The van der Waals surface area contributed by atoms with Gasteiger partial charge in [-0.1, -0.05) is 53.2 Å². The largest absolute Gasteiger partial charge is 0.383 e. The van der Waals surface area contributed by atoms with Crippen LogP contribution in [0.1, 0.15) is 5.56 Å². The summed E-state index contributed by atoms with van der Waals surface area (Å²) in [4.78, 5) is 14.3. The van der Waals surface area contributed by atoms with Crippen molar-refractivity contribution in [3.63, 3.8) is 0 Å². The average molecular weight is 348 g/mol. The fraction of sp³-hybridized carbons (Fsp3) is 0.231. The van der Waals surface area contributed by atoms with E-state index in [1.165, 1.54) is 16.7 Å². The smallest absolute Gasteiger partial charge is 0.266 e. The highest BCUT2D eigenvalue weighted by atomic mass is 35.5. The number of ether oxygens (including phenoxy) is 1. The number of nitrogens with zero attached hydrogens (tertiary/aromatic N) is 1. The summed E-state index contributed by atoms with van der Waals surface area (Å²) >= 11 is 18.6. The summed E-state index contributed by atoms with van der Waals surface area (Å²) in [6, 6.07) is 5.21. The van der Waals surface area contributed by atoms with Gasteiger partial charge in [-0.2, -0.15) is 0 Å². The molecular formula is C13H11Cl2NO2S2. The summed E-state index contributed by atoms with van der Waals surface area (Å²) in [6.07, 6.45) is 1.68. The van der Waals surface area contributed by atoms with Gasteiger partial charge in [0.1, 0.15) is 4.32 Å². The molecule has 3 nitrogen and oxygen atoms in total. The first-order chi connectivity index (χ1) is 9.54. The van der Waals surface area contributed by atoms with Crippen molar-refractivity contribution in [2.45, 2.75) is 0 Å². The average Bonchev–Trinajstić information content (AvgIpc) is 2.67. The SMILES string of the molecule is COCCN1C(=O)C(=Cc2c(Cl)cccc2Cl)SC1=S. The fourth-order valence-electron chi connectivity index (χ4n) is 1.66. The zero-order valence-electron chi connectivity index (χ0n) is 10.6. The van der Waals surface area contributed by atoms with Crippen LogP contribution in [0.3, 0.4) is 0 Å². The zero-order valence-corrected chi connectivity index (χ0v) is 13.7. The molecule has 1 fully saturated rings. The Morgan fingerprint density at radius 2 is 2.05 bits per heavy atom. The molecule has 0 unspecified atom stereocenters. The van der Waals surface area contributed by atoms with Crippen molar-refractivity contribution in [1.82, 2.24) is 4.90 Å². The van der Waals surface area contributed by atoms with Crippen molar-refractivity contribution in [3.05, 3.63) is 38.7 Å². The van der Waals surface area contributed by atoms with Crippen LogP contribution in [0.5, 0.6) is 0 Å². The summed E-state index contributed by atoms with van der Waals surface area (Å²) < 4.78 is 5.48. The Morgan fingerprint density at radius 3 is 2.65 bits per heavy atom. The lowest BCUT2D eigenvalue weighted by molar-refractivity contribution is -0.122. The summed E-state index contributed by atoms with van der Waals surface area (Å²) in [5.41, 5.74) is 0.628. The van der Waals surface area contributed by atoms with Crippen molar-refractivity contribution in [2.75, 3.05) is 20.3 Å². The van der Waals surface area contributed by atoms with Gasteiger partial charge in [-0.05, 0) is 18.2 Å². The number of thiocarbonyl (C=S) groups is 1. The number of carbonyl (C=O) groups is 1. The molecule has 0 spiro atoms. The molecule has 0 aromatic heterocycles. The molecule has 0 N–H and O–H groups in total. The summed E-state index contributed by atoms with van der Waals surface area (Å²) in [5.74, 6) is -0.145. The van der Waals surface area contributed by atoms with E-state index in [1.807, 2.05) is 0 Å². The van der Waals surface area contributed by atoms with E-state index in [4.69, 9.17) is 40.2 Å². The molecule has 1 aliphatic rings. The van der Waals surface area contributed by atoms with E-state index in [1.54, 1.807) is 31.4 Å². The molecule has 1 heterocycles. The highest BCUT2D eigenvalue weighted by Crippen LogP contribution is 2.35. The Hall–Kier alpha value is -0.590. The molecule has 106 valence electrons. The lowest BCUT2D eigenvalue weighted by Crippen LogP contribution is -2.31. The van der Waals surface area contributed by atoms with Crippen molar-refractivity contribution >= 4 is 63.5 Å². The normalized spacial score (nSPS) is 17.4. The lowest BCUT2D eigenvalue weighted by Gasteiger charge is -2.13. The fourth-order valence-corrected chi connectivity index (χ4v) is 3.45. The molecule has 1 saturated heterocycles. The Labute approximate surface area is 136 Å². The maximum atomic E-state index is 12.3. The quantitative estimate of drug-likeness (QED) is 0.611. The molecular weight excluding hydrogens is 337 g/mol. The van der Waals surface area contributed by atoms with E-state index in [2.05, 4.69) is 0 Å². The Kier molecular flexibility index (Phi) is 5.46. The van der Waals surface area contributed by atoms with E-state index in [9.17, 15) is 4.79 Å². The molecule has 1 aliphatic heterocycles. The first-order valence-corrected chi connectivity index (χ1v) is 7.71. The van der Waals surface area contributed by atoms with Crippen LogP contribution in [0.15, 0.2) is 23.1 Å². The Balaban J connectivity index is 2.28. The van der Waals surface area contributed by atoms with Gasteiger partial charge in [0.15, 0.2) is 0 Å². The van der Waals surface area contributed by atoms with Gasteiger partial charge in [-0.25, -0.2) is 0 Å². The monoisotopic (exact) mass is 347 g/mol. The van der Waals surface area contributed by atoms with Crippen LogP contribution < -0.4 is 0 Å². The third-order valence-corrected chi connectivity index (χ3v) is 4.70. The number of rotatable bonds is 4. The van der Waals surface area contributed by atoms with Crippen molar-refractivity contribution in [2.24, 2.45) is 0 Å². The van der Waals surface area contributed by atoms with E-state index in [0.29, 0.717) is 38.0 Å². The lowest BCUT2D eigenvalue weighted by atomic mass is 10.2. The summed E-state index contributed by atoms with van der Waals surface area (Å²) in [6.45, 7) is 0.876. The minimum absolute atomic E-state index is 0.145. The van der Waals surface area contributed by atoms with Crippen LogP contribution in [-0.2, 0) is 9.53 Å². The second-order valence-corrected chi connectivity index (χ2v) is 6.45. The maximum Gasteiger partial charge on any atom is 0.266 e. The Morgan fingerprint density at radius 1 is 1.40 bits per heavy atom. The molecule has 1 aromatic carbocycles. The van der Waals surface area contributed by atoms with E-state index in [0.717, 1.165) is 0 Å². The topological polar surface area (TPSA) is 29.5 Å². The highest BCUT2D eigenvalue weighted by molar-refractivity contribution is 8.26. The number of benzene rings is 1. The number of methoxy groups -OCH3 is 1. The number of carbonyl (C=O) groups excluding carboxylic acids is 1. The molecule has 1 amide bonds. The van der Waals surface area contributed by atoms with Crippen molar-refractivity contribution in [1.29, 1.82) is 0 Å². The van der Waals surface area contributed by atoms with Gasteiger partial charge in [-0.15, -0.1) is 0 Å². The van der Waals surface area contributed by atoms with Crippen molar-refractivity contribution < 1.29 is 9.53 Å². The first kappa shape index (κ1) is 15.8. The minimum Gasteiger partial charge on any atom is -0.383 e. The number of halogens is 2. The standard InChI is InChI=1S/C13H11Cl2NO2S2/c1-18-6-5-16-12(17)11(20-13(16)19)7-8-9(14)3-2-4-10(8)15/h2-4,7H,5-6H2,1H3. The van der Waals surface area contributed by atoms with Gasteiger partial charge in [0, 0.05) is 22.7 Å². The van der Waals surface area contributed by atoms with Crippen LogP contribution >= 0.6 is 47.2 Å². The number of hydrogen-bond acceptors (Lipinski definition) is 4. The number of thioether (sulfide) groups is 1. The second-order valence-electron chi connectivity index (χ2n) is 3.96. The minimum atomic E-state index is -0.145.